The summed E-state index contributed by atoms with van der Waals surface area (Å²) in [6.45, 7) is 4.35. The van der Waals surface area contributed by atoms with Gasteiger partial charge in [0.25, 0.3) is 0 Å². The van der Waals surface area contributed by atoms with Crippen molar-refractivity contribution >= 4 is 35.8 Å². The van der Waals surface area contributed by atoms with Gasteiger partial charge in [0.2, 0.25) is 5.91 Å². The maximum Gasteiger partial charge on any atom is 0.217 e. The number of aliphatic imine (C=N–C) groups is 1. The van der Waals surface area contributed by atoms with Gasteiger partial charge < -0.3 is 20.7 Å². The highest BCUT2D eigenvalue weighted by molar-refractivity contribution is 14.0. The molecule has 1 heterocycles. The summed E-state index contributed by atoms with van der Waals surface area (Å²) in [5, 5.41) is 3.26. The number of amides is 1. The number of nitrogens with one attached hydrogen (secondary N) is 1. The van der Waals surface area contributed by atoms with Crippen molar-refractivity contribution in [3.63, 3.8) is 0 Å². The molecular formula is C18H28FIN4O2. The van der Waals surface area contributed by atoms with Crippen molar-refractivity contribution in [2.45, 2.75) is 32.7 Å². The second-order valence-electron chi connectivity index (χ2n) is 6.22. The van der Waals surface area contributed by atoms with Crippen LogP contribution < -0.4 is 15.8 Å². The Labute approximate surface area is 171 Å². The van der Waals surface area contributed by atoms with E-state index in [4.69, 9.17) is 10.5 Å². The molecule has 1 unspecified atom stereocenters. The van der Waals surface area contributed by atoms with E-state index in [1.165, 1.54) is 6.07 Å². The number of carbonyl (C=O) groups excluding carboxylic acids is 1. The minimum Gasteiger partial charge on any atom is -0.491 e. The van der Waals surface area contributed by atoms with Crippen LogP contribution in [0.4, 0.5) is 4.39 Å². The first-order valence-corrected chi connectivity index (χ1v) is 8.68. The number of nitrogens with zero attached hydrogens (tertiary/aromatic N) is 2. The minimum atomic E-state index is -0.365. The normalized spacial score (nSPS) is 17.4. The van der Waals surface area contributed by atoms with E-state index in [2.05, 4.69) is 15.2 Å². The number of rotatable bonds is 6. The number of halogens is 2. The molecule has 8 heteroatoms. The molecule has 2 rings (SSSR count). The number of benzene rings is 1. The Bertz CT molecular complexity index is 627. The fourth-order valence-corrected chi connectivity index (χ4v) is 3.15. The van der Waals surface area contributed by atoms with E-state index in [1.54, 1.807) is 13.1 Å². The van der Waals surface area contributed by atoms with E-state index in [9.17, 15) is 9.18 Å². The van der Waals surface area contributed by atoms with Crippen LogP contribution in [0.5, 0.6) is 5.75 Å². The third-order valence-electron chi connectivity index (χ3n) is 4.27. The van der Waals surface area contributed by atoms with E-state index in [1.807, 2.05) is 13.0 Å². The largest absolute Gasteiger partial charge is 0.491 e. The summed E-state index contributed by atoms with van der Waals surface area (Å²) in [5.74, 6) is 0.646. The molecular weight excluding hydrogens is 450 g/mol. The molecule has 1 amide bonds. The van der Waals surface area contributed by atoms with Gasteiger partial charge in [-0.15, -0.1) is 24.0 Å². The molecule has 0 radical (unpaired) electrons. The highest BCUT2D eigenvalue weighted by Gasteiger charge is 2.23. The Morgan fingerprint density at radius 3 is 2.88 bits per heavy atom. The molecule has 1 aromatic carbocycles. The lowest BCUT2D eigenvalue weighted by molar-refractivity contribution is -0.119. The zero-order valence-corrected chi connectivity index (χ0v) is 17.7. The molecule has 1 fully saturated rings. The average Bonchev–Trinajstić information content (AvgIpc) is 2.58. The first kappa shape index (κ1) is 22.5. The van der Waals surface area contributed by atoms with Crippen LogP contribution in [0.3, 0.4) is 0 Å². The second-order valence-corrected chi connectivity index (χ2v) is 6.22. The van der Waals surface area contributed by atoms with E-state index < -0.39 is 0 Å². The minimum absolute atomic E-state index is 0. The number of hydrogen-bond acceptors (Lipinski definition) is 3. The number of ether oxygens (including phenoxy) is 1. The Morgan fingerprint density at radius 2 is 2.27 bits per heavy atom. The van der Waals surface area contributed by atoms with Crippen LogP contribution >= 0.6 is 24.0 Å². The van der Waals surface area contributed by atoms with Crippen molar-refractivity contribution in [1.82, 2.24) is 10.2 Å². The van der Waals surface area contributed by atoms with Gasteiger partial charge in [0.1, 0.15) is 0 Å². The van der Waals surface area contributed by atoms with E-state index in [-0.39, 0.29) is 47.4 Å². The van der Waals surface area contributed by atoms with E-state index in [0.717, 1.165) is 37.5 Å². The van der Waals surface area contributed by atoms with Crippen LogP contribution in [0.25, 0.3) is 0 Å². The summed E-state index contributed by atoms with van der Waals surface area (Å²) < 4.78 is 19.1. The molecule has 0 aromatic heterocycles. The van der Waals surface area contributed by atoms with Gasteiger partial charge in [0.15, 0.2) is 17.5 Å². The third-order valence-corrected chi connectivity index (χ3v) is 4.27. The van der Waals surface area contributed by atoms with Gasteiger partial charge in [-0.05, 0) is 43.4 Å². The summed E-state index contributed by atoms with van der Waals surface area (Å²) >= 11 is 0. The zero-order valence-electron chi connectivity index (χ0n) is 15.3. The molecule has 1 aliphatic rings. The van der Waals surface area contributed by atoms with Crippen molar-refractivity contribution < 1.29 is 13.9 Å². The van der Waals surface area contributed by atoms with E-state index in [0.29, 0.717) is 19.6 Å². The molecule has 26 heavy (non-hydrogen) atoms. The van der Waals surface area contributed by atoms with Crippen molar-refractivity contribution in [1.29, 1.82) is 0 Å². The van der Waals surface area contributed by atoms with Gasteiger partial charge in [-0.1, -0.05) is 6.07 Å². The average molecular weight is 478 g/mol. The number of carbonyl (C=O) groups is 1. The Balaban J connectivity index is 0.00000338. The van der Waals surface area contributed by atoms with Crippen LogP contribution in [-0.4, -0.2) is 43.5 Å². The molecule has 0 spiro atoms. The highest BCUT2D eigenvalue weighted by atomic mass is 127. The van der Waals surface area contributed by atoms with Crippen molar-refractivity contribution in [3.05, 3.63) is 29.6 Å². The maximum atomic E-state index is 13.9. The van der Waals surface area contributed by atoms with Crippen LogP contribution in [0, 0.1) is 11.7 Å². The quantitative estimate of drug-likeness (QED) is 0.374. The lowest BCUT2D eigenvalue weighted by Crippen LogP contribution is -2.46. The Kier molecular flexibility index (Phi) is 9.68. The van der Waals surface area contributed by atoms with Crippen LogP contribution in [0.15, 0.2) is 23.2 Å². The lowest BCUT2D eigenvalue weighted by Gasteiger charge is -2.34. The van der Waals surface area contributed by atoms with Gasteiger partial charge in [0, 0.05) is 33.1 Å². The van der Waals surface area contributed by atoms with Crippen LogP contribution in [0.2, 0.25) is 0 Å². The van der Waals surface area contributed by atoms with Gasteiger partial charge >= 0.3 is 0 Å². The van der Waals surface area contributed by atoms with Crippen LogP contribution in [0.1, 0.15) is 31.7 Å². The topological polar surface area (TPSA) is 79.9 Å². The molecule has 6 nitrogen and oxygen atoms in total. The molecule has 146 valence electrons. The van der Waals surface area contributed by atoms with Crippen LogP contribution in [-0.2, 0) is 11.3 Å². The highest BCUT2D eigenvalue weighted by Crippen LogP contribution is 2.20. The third kappa shape index (κ3) is 6.62. The fourth-order valence-electron chi connectivity index (χ4n) is 3.15. The monoisotopic (exact) mass is 478 g/mol. The molecule has 1 saturated heterocycles. The standard InChI is InChI=1S/C18H27FN4O2.HI/c1-3-25-16-7-6-13(9-15(16)19)11-22-18(21-2)23-8-4-5-14(12-23)10-17(20)24;/h6-7,9,14H,3-5,8,10-12H2,1-2H3,(H2,20,24)(H,21,22);1H. The number of guanidine groups is 1. The first-order chi connectivity index (χ1) is 12.0. The number of piperidine rings is 1. The summed E-state index contributed by atoms with van der Waals surface area (Å²) in [5.41, 5.74) is 6.12. The summed E-state index contributed by atoms with van der Waals surface area (Å²) in [6, 6.07) is 4.94. The Hall–Kier alpha value is -1.58. The molecule has 1 aliphatic heterocycles. The number of primary amides is 1. The zero-order chi connectivity index (χ0) is 18.2. The second kappa shape index (κ2) is 11.2. The molecule has 0 saturated carbocycles. The van der Waals surface area contributed by atoms with Crippen molar-refractivity contribution in [2.24, 2.45) is 16.6 Å². The van der Waals surface area contributed by atoms with Crippen molar-refractivity contribution in [3.8, 4) is 5.75 Å². The summed E-state index contributed by atoms with van der Waals surface area (Å²) in [7, 11) is 1.72. The van der Waals surface area contributed by atoms with E-state index >= 15 is 0 Å². The molecule has 0 aliphatic carbocycles. The smallest absolute Gasteiger partial charge is 0.217 e. The summed E-state index contributed by atoms with van der Waals surface area (Å²) in [6.07, 6.45) is 2.40. The van der Waals surface area contributed by atoms with Gasteiger partial charge in [0.05, 0.1) is 6.61 Å². The predicted molar refractivity (Wildman–Crippen MR) is 111 cm³/mol. The number of nitrogens with two attached hydrogens (primary N) is 1. The number of likely N-dealkylation sites (tertiary alicyclic amines) is 1. The maximum absolute atomic E-state index is 13.9. The SMILES string of the molecule is CCOc1ccc(CNC(=NC)N2CCCC(CC(N)=O)C2)cc1F.I. The molecule has 1 atom stereocenters. The summed E-state index contributed by atoms with van der Waals surface area (Å²) in [4.78, 5) is 17.6. The van der Waals surface area contributed by atoms with Gasteiger partial charge in [-0.25, -0.2) is 4.39 Å². The predicted octanol–water partition coefficient (Wildman–Crippen LogP) is 2.51. The molecule has 1 aromatic rings. The fraction of sp³-hybridized carbons (Fsp3) is 0.556. The van der Waals surface area contributed by atoms with Gasteiger partial charge in [-0.2, -0.15) is 0 Å². The van der Waals surface area contributed by atoms with Gasteiger partial charge in [-0.3, -0.25) is 9.79 Å². The molecule has 3 N–H and O–H groups in total. The molecule has 0 bridgehead atoms. The first-order valence-electron chi connectivity index (χ1n) is 8.68. The van der Waals surface area contributed by atoms with Crippen molar-refractivity contribution in [2.75, 3.05) is 26.7 Å². The lowest BCUT2D eigenvalue weighted by atomic mass is 9.95. The Morgan fingerprint density at radius 1 is 1.50 bits per heavy atom. The number of hydrogen-bond donors (Lipinski definition) is 2.